The van der Waals surface area contributed by atoms with E-state index in [2.05, 4.69) is 5.32 Å². The Labute approximate surface area is 135 Å². The molecular formula is C16H22ClNO4. The van der Waals surface area contributed by atoms with Crippen molar-refractivity contribution in [2.45, 2.75) is 46.1 Å². The number of carboxylic acid groups (broad SMARTS) is 1. The summed E-state index contributed by atoms with van der Waals surface area (Å²) in [7, 11) is 0. The number of benzene rings is 1. The van der Waals surface area contributed by atoms with Crippen LogP contribution in [0.2, 0.25) is 5.02 Å². The van der Waals surface area contributed by atoms with Gasteiger partial charge in [-0.05, 0) is 51.3 Å². The number of carbonyl (C=O) groups excluding carboxylic acids is 1. The smallest absolute Gasteiger partial charge is 0.412 e. The van der Waals surface area contributed by atoms with Gasteiger partial charge in [0.25, 0.3) is 0 Å². The summed E-state index contributed by atoms with van der Waals surface area (Å²) >= 11 is 6.17. The predicted octanol–water partition coefficient (Wildman–Crippen LogP) is 4.34. The Balaban J connectivity index is 2.65. The van der Waals surface area contributed by atoms with E-state index < -0.39 is 23.6 Å². The van der Waals surface area contributed by atoms with Gasteiger partial charge < -0.3 is 9.84 Å². The molecule has 1 amide bonds. The number of nitrogens with one attached hydrogen (secondary N) is 1. The maximum atomic E-state index is 11.7. The van der Waals surface area contributed by atoms with E-state index in [9.17, 15) is 9.59 Å². The minimum atomic E-state index is -0.820. The molecule has 1 rings (SSSR count). The standard InChI is InChI=1S/C16H22ClNO4/c1-10(14(19)20)5-6-11-7-8-12(9-13(11)17)18-15(21)22-16(2,3)4/h7-10H,5-6H2,1-4H3,(H,18,21)(H,19,20). The van der Waals surface area contributed by atoms with Gasteiger partial charge in [0.15, 0.2) is 0 Å². The highest BCUT2D eigenvalue weighted by Crippen LogP contribution is 2.24. The van der Waals surface area contributed by atoms with Gasteiger partial charge in [0.1, 0.15) is 5.60 Å². The van der Waals surface area contributed by atoms with E-state index in [-0.39, 0.29) is 0 Å². The van der Waals surface area contributed by atoms with Gasteiger partial charge in [0.05, 0.1) is 5.92 Å². The number of rotatable bonds is 5. The molecule has 0 radical (unpaired) electrons. The fourth-order valence-corrected chi connectivity index (χ4v) is 2.02. The lowest BCUT2D eigenvalue weighted by Crippen LogP contribution is -2.27. The van der Waals surface area contributed by atoms with Crippen molar-refractivity contribution in [2.24, 2.45) is 5.92 Å². The fraction of sp³-hybridized carbons (Fsp3) is 0.500. The lowest BCUT2D eigenvalue weighted by atomic mass is 10.0. The lowest BCUT2D eigenvalue weighted by molar-refractivity contribution is -0.141. The van der Waals surface area contributed by atoms with E-state index in [0.29, 0.717) is 23.6 Å². The number of carbonyl (C=O) groups is 2. The van der Waals surface area contributed by atoms with Crippen LogP contribution in [0.15, 0.2) is 18.2 Å². The van der Waals surface area contributed by atoms with Crippen LogP contribution in [-0.2, 0) is 16.0 Å². The monoisotopic (exact) mass is 327 g/mol. The third-order valence-corrected chi connectivity index (χ3v) is 3.32. The number of amides is 1. The van der Waals surface area contributed by atoms with Crippen LogP contribution in [0.3, 0.4) is 0 Å². The second-order valence-electron chi connectivity index (χ2n) is 6.21. The van der Waals surface area contributed by atoms with Crippen molar-refractivity contribution in [3.8, 4) is 0 Å². The molecule has 1 aromatic rings. The van der Waals surface area contributed by atoms with E-state index in [1.54, 1.807) is 45.9 Å². The molecule has 0 aliphatic heterocycles. The van der Waals surface area contributed by atoms with Crippen molar-refractivity contribution >= 4 is 29.4 Å². The summed E-state index contributed by atoms with van der Waals surface area (Å²) in [5, 5.41) is 12.0. The summed E-state index contributed by atoms with van der Waals surface area (Å²) in [5.41, 5.74) is 0.819. The molecule has 0 saturated carbocycles. The fourth-order valence-electron chi connectivity index (χ4n) is 1.74. The van der Waals surface area contributed by atoms with Gasteiger partial charge in [-0.1, -0.05) is 24.6 Å². The Kier molecular flexibility index (Phi) is 6.23. The molecule has 0 aliphatic rings. The first-order valence-electron chi connectivity index (χ1n) is 7.09. The van der Waals surface area contributed by atoms with Gasteiger partial charge >= 0.3 is 12.1 Å². The highest BCUT2D eigenvalue weighted by molar-refractivity contribution is 6.31. The molecule has 5 nitrogen and oxygen atoms in total. The maximum absolute atomic E-state index is 11.7. The molecule has 1 aromatic carbocycles. The van der Waals surface area contributed by atoms with Crippen LogP contribution in [0.25, 0.3) is 0 Å². The minimum Gasteiger partial charge on any atom is -0.481 e. The van der Waals surface area contributed by atoms with Gasteiger partial charge in [-0.25, -0.2) is 4.79 Å². The van der Waals surface area contributed by atoms with Crippen molar-refractivity contribution in [1.82, 2.24) is 0 Å². The lowest BCUT2D eigenvalue weighted by Gasteiger charge is -2.19. The van der Waals surface area contributed by atoms with E-state index >= 15 is 0 Å². The normalized spacial score (nSPS) is 12.6. The number of hydrogen-bond donors (Lipinski definition) is 2. The SMILES string of the molecule is CC(CCc1ccc(NC(=O)OC(C)(C)C)cc1Cl)C(=O)O. The predicted molar refractivity (Wildman–Crippen MR) is 86.4 cm³/mol. The highest BCUT2D eigenvalue weighted by Gasteiger charge is 2.17. The highest BCUT2D eigenvalue weighted by atomic mass is 35.5. The second-order valence-corrected chi connectivity index (χ2v) is 6.62. The Bertz CT molecular complexity index is 552. The number of halogens is 1. The zero-order chi connectivity index (χ0) is 16.9. The second kappa shape index (κ2) is 7.49. The Morgan fingerprint density at radius 1 is 1.36 bits per heavy atom. The van der Waals surface area contributed by atoms with Crippen LogP contribution in [0.4, 0.5) is 10.5 Å². The van der Waals surface area contributed by atoms with Crippen LogP contribution in [0, 0.1) is 5.92 Å². The van der Waals surface area contributed by atoms with Gasteiger partial charge in [-0.2, -0.15) is 0 Å². The van der Waals surface area contributed by atoms with Crippen LogP contribution in [0.5, 0.6) is 0 Å². The van der Waals surface area contributed by atoms with Crippen molar-refractivity contribution < 1.29 is 19.4 Å². The summed E-state index contributed by atoms with van der Waals surface area (Å²) in [5.74, 6) is -1.24. The van der Waals surface area contributed by atoms with Crippen molar-refractivity contribution in [3.05, 3.63) is 28.8 Å². The first-order chi connectivity index (χ1) is 10.1. The molecule has 0 heterocycles. The summed E-state index contributed by atoms with van der Waals surface area (Å²) in [6, 6.07) is 5.13. The first-order valence-corrected chi connectivity index (χ1v) is 7.47. The van der Waals surface area contributed by atoms with Gasteiger partial charge in [-0.3, -0.25) is 10.1 Å². The number of ether oxygens (including phenoxy) is 1. The zero-order valence-corrected chi connectivity index (χ0v) is 14.0. The van der Waals surface area contributed by atoms with Gasteiger partial charge in [0.2, 0.25) is 0 Å². The minimum absolute atomic E-state index is 0.421. The number of hydrogen-bond acceptors (Lipinski definition) is 3. The first kappa shape index (κ1) is 18.3. The van der Waals surface area contributed by atoms with E-state index in [4.69, 9.17) is 21.4 Å². The van der Waals surface area contributed by atoms with Crippen LogP contribution in [-0.4, -0.2) is 22.8 Å². The van der Waals surface area contributed by atoms with Crippen molar-refractivity contribution in [1.29, 1.82) is 0 Å². The average Bonchev–Trinajstić information content (AvgIpc) is 2.34. The topological polar surface area (TPSA) is 75.6 Å². The Hall–Kier alpha value is -1.75. The third kappa shape index (κ3) is 6.35. The molecule has 0 aliphatic carbocycles. The van der Waals surface area contributed by atoms with Gasteiger partial charge in [0, 0.05) is 10.7 Å². The summed E-state index contributed by atoms with van der Waals surface area (Å²) < 4.78 is 5.16. The Morgan fingerprint density at radius 2 is 2.00 bits per heavy atom. The molecule has 1 unspecified atom stereocenters. The summed E-state index contributed by atoms with van der Waals surface area (Å²) in [4.78, 5) is 22.5. The largest absolute Gasteiger partial charge is 0.481 e. The third-order valence-electron chi connectivity index (χ3n) is 2.97. The molecular weight excluding hydrogens is 306 g/mol. The van der Waals surface area contributed by atoms with Crippen LogP contribution in [0.1, 0.15) is 39.7 Å². The molecule has 0 bridgehead atoms. The maximum Gasteiger partial charge on any atom is 0.412 e. The molecule has 22 heavy (non-hydrogen) atoms. The molecule has 0 aromatic heterocycles. The number of aryl methyl sites for hydroxylation is 1. The van der Waals surface area contributed by atoms with E-state index in [1.165, 1.54) is 0 Å². The van der Waals surface area contributed by atoms with Crippen LogP contribution >= 0.6 is 11.6 Å². The van der Waals surface area contributed by atoms with Crippen molar-refractivity contribution in [2.75, 3.05) is 5.32 Å². The molecule has 122 valence electrons. The molecule has 0 spiro atoms. The van der Waals surface area contributed by atoms with Crippen molar-refractivity contribution in [3.63, 3.8) is 0 Å². The quantitative estimate of drug-likeness (QED) is 0.843. The molecule has 2 N–H and O–H groups in total. The molecule has 6 heteroatoms. The molecule has 0 fully saturated rings. The summed E-state index contributed by atoms with van der Waals surface area (Å²) in [6.45, 7) is 7.01. The Morgan fingerprint density at radius 3 is 2.50 bits per heavy atom. The number of aliphatic carboxylic acids is 1. The average molecular weight is 328 g/mol. The molecule has 0 saturated heterocycles. The number of anilines is 1. The van der Waals surface area contributed by atoms with E-state index in [0.717, 1.165) is 5.56 Å². The van der Waals surface area contributed by atoms with Crippen LogP contribution < -0.4 is 5.32 Å². The number of carboxylic acids is 1. The van der Waals surface area contributed by atoms with Gasteiger partial charge in [-0.15, -0.1) is 0 Å². The summed E-state index contributed by atoms with van der Waals surface area (Å²) in [6.07, 6.45) is 0.531. The van der Waals surface area contributed by atoms with E-state index in [1.807, 2.05) is 0 Å². The zero-order valence-electron chi connectivity index (χ0n) is 13.3. The molecule has 1 atom stereocenters.